The van der Waals surface area contributed by atoms with Gasteiger partial charge in [0.15, 0.2) is 0 Å². The minimum Gasteiger partial charge on any atom is -0.477 e. The Morgan fingerprint density at radius 2 is 2.14 bits per heavy atom. The van der Waals surface area contributed by atoms with Gasteiger partial charge in [0.05, 0.1) is 9.40 Å². The maximum absolute atomic E-state index is 10.8. The zero-order chi connectivity index (χ0) is 10.9. The molecular weight excluding hydrogens is 254 g/mol. The van der Waals surface area contributed by atoms with Crippen LogP contribution in [0.15, 0.2) is 16.6 Å². The van der Waals surface area contributed by atoms with Crippen molar-refractivity contribution in [2.75, 3.05) is 0 Å². The SMILES string of the molecule is Cc1ccc(Br)c([N+](=O)[O-])c1C(=O)O. The Balaban J connectivity index is 3.58. The standard InChI is InChI=1S/C8H6BrNO4/c1-4-2-3-5(9)7(10(13)14)6(4)8(11)12/h2-3H,1H3,(H,11,12). The van der Waals surface area contributed by atoms with Gasteiger partial charge in [0, 0.05) is 0 Å². The predicted molar refractivity (Wildman–Crippen MR) is 52.5 cm³/mol. The van der Waals surface area contributed by atoms with Crippen LogP contribution < -0.4 is 0 Å². The Bertz CT molecular complexity index is 377. The highest BCUT2D eigenvalue weighted by Crippen LogP contribution is 2.30. The Labute approximate surface area is 87.6 Å². The highest BCUT2D eigenvalue weighted by molar-refractivity contribution is 9.10. The average Bonchev–Trinajstić information content (AvgIpc) is 2.07. The zero-order valence-corrected chi connectivity index (χ0v) is 8.74. The van der Waals surface area contributed by atoms with Crippen LogP contribution in [0.2, 0.25) is 0 Å². The predicted octanol–water partition coefficient (Wildman–Crippen LogP) is 2.36. The Morgan fingerprint density at radius 3 is 2.50 bits per heavy atom. The normalized spacial score (nSPS) is 9.86. The molecule has 1 N–H and O–H groups in total. The molecular formula is C8H6BrNO4. The van der Waals surface area contributed by atoms with Crippen LogP contribution in [0.5, 0.6) is 0 Å². The Morgan fingerprint density at radius 1 is 1.57 bits per heavy atom. The van der Waals surface area contributed by atoms with Crippen molar-refractivity contribution < 1.29 is 14.8 Å². The summed E-state index contributed by atoms with van der Waals surface area (Å²) in [5.41, 5.74) is -0.311. The van der Waals surface area contributed by atoms with Gasteiger partial charge in [-0.1, -0.05) is 6.07 Å². The molecule has 0 bridgehead atoms. The number of benzene rings is 1. The van der Waals surface area contributed by atoms with Gasteiger partial charge in [0.2, 0.25) is 0 Å². The maximum atomic E-state index is 10.8. The van der Waals surface area contributed by atoms with Crippen LogP contribution in [-0.2, 0) is 0 Å². The van der Waals surface area contributed by atoms with Gasteiger partial charge >= 0.3 is 5.97 Å². The molecule has 0 atom stereocenters. The van der Waals surface area contributed by atoms with E-state index in [0.717, 1.165) is 0 Å². The quantitative estimate of drug-likeness (QED) is 0.653. The number of carboxylic acids is 1. The molecule has 74 valence electrons. The third-order valence-corrected chi connectivity index (χ3v) is 2.37. The van der Waals surface area contributed by atoms with Gasteiger partial charge in [-0.05, 0) is 34.5 Å². The number of carbonyl (C=O) groups is 1. The first-order chi connectivity index (χ1) is 6.45. The summed E-state index contributed by atoms with van der Waals surface area (Å²) < 4.78 is 0.172. The van der Waals surface area contributed by atoms with Crippen LogP contribution in [0.25, 0.3) is 0 Å². The first-order valence-corrected chi connectivity index (χ1v) is 4.41. The minimum absolute atomic E-state index is 0.172. The molecule has 0 saturated heterocycles. The van der Waals surface area contributed by atoms with Gasteiger partial charge in [-0.15, -0.1) is 0 Å². The number of halogens is 1. The molecule has 0 fully saturated rings. The number of hydrogen-bond donors (Lipinski definition) is 1. The third kappa shape index (κ3) is 1.74. The number of rotatable bonds is 2. The van der Waals surface area contributed by atoms with E-state index in [9.17, 15) is 14.9 Å². The van der Waals surface area contributed by atoms with Crippen molar-refractivity contribution >= 4 is 27.6 Å². The van der Waals surface area contributed by atoms with Crippen molar-refractivity contribution in [1.82, 2.24) is 0 Å². The van der Waals surface area contributed by atoms with Crippen LogP contribution in [0.3, 0.4) is 0 Å². The molecule has 0 saturated carbocycles. The smallest absolute Gasteiger partial charge is 0.343 e. The number of aryl methyl sites for hydroxylation is 1. The second-order valence-electron chi connectivity index (χ2n) is 2.65. The number of nitrogens with zero attached hydrogens (tertiary/aromatic N) is 1. The van der Waals surface area contributed by atoms with Crippen molar-refractivity contribution in [3.8, 4) is 0 Å². The highest BCUT2D eigenvalue weighted by Gasteiger charge is 2.25. The number of nitro groups is 1. The van der Waals surface area contributed by atoms with E-state index in [4.69, 9.17) is 5.11 Å². The van der Waals surface area contributed by atoms with E-state index in [1.807, 2.05) is 0 Å². The lowest BCUT2D eigenvalue weighted by atomic mass is 10.1. The first kappa shape index (κ1) is 10.6. The molecule has 0 unspecified atom stereocenters. The third-order valence-electron chi connectivity index (χ3n) is 1.73. The second-order valence-corrected chi connectivity index (χ2v) is 3.50. The average molecular weight is 260 g/mol. The van der Waals surface area contributed by atoms with E-state index in [0.29, 0.717) is 5.56 Å². The van der Waals surface area contributed by atoms with Crippen LogP contribution in [0, 0.1) is 17.0 Å². The van der Waals surface area contributed by atoms with E-state index < -0.39 is 16.6 Å². The Hall–Kier alpha value is -1.43. The summed E-state index contributed by atoms with van der Waals surface area (Å²) >= 11 is 2.95. The molecule has 6 heteroatoms. The van der Waals surface area contributed by atoms with Gasteiger partial charge < -0.3 is 5.11 Å². The number of aromatic carboxylic acids is 1. The topological polar surface area (TPSA) is 80.4 Å². The van der Waals surface area contributed by atoms with E-state index in [1.54, 1.807) is 0 Å². The van der Waals surface area contributed by atoms with Crippen molar-refractivity contribution in [2.45, 2.75) is 6.92 Å². The molecule has 0 spiro atoms. The molecule has 1 rings (SSSR count). The van der Waals surface area contributed by atoms with Crippen molar-refractivity contribution in [3.05, 3.63) is 37.8 Å². The summed E-state index contributed by atoms with van der Waals surface area (Å²) in [5, 5.41) is 19.4. The van der Waals surface area contributed by atoms with Crippen molar-refractivity contribution in [1.29, 1.82) is 0 Å². The molecule has 0 aliphatic heterocycles. The number of carboxylic acid groups (broad SMARTS) is 1. The molecule has 14 heavy (non-hydrogen) atoms. The van der Waals surface area contributed by atoms with Gasteiger partial charge in [-0.2, -0.15) is 0 Å². The Kier molecular flexibility index (Phi) is 2.85. The summed E-state index contributed by atoms with van der Waals surface area (Å²) in [6.07, 6.45) is 0. The van der Waals surface area contributed by atoms with E-state index in [1.165, 1.54) is 19.1 Å². The molecule has 0 aliphatic carbocycles. The van der Waals surface area contributed by atoms with Crippen LogP contribution >= 0.6 is 15.9 Å². The largest absolute Gasteiger partial charge is 0.477 e. The summed E-state index contributed by atoms with van der Waals surface area (Å²) in [5.74, 6) is -1.30. The van der Waals surface area contributed by atoms with Crippen LogP contribution in [0.4, 0.5) is 5.69 Å². The molecule has 0 radical (unpaired) electrons. The van der Waals surface area contributed by atoms with Gasteiger partial charge in [-0.25, -0.2) is 4.79 Å². The molecule has 0 heterocycles. The van der Waals surface area contributed by atoms with Gasteiger partial charge in [0.1, 0.15) is 5.56 Å². The van der Waals surface area contributed by atoms with Crippen molar-refractivity contribution in [2.24, 2.45) is 0 Å². The highest BCUT2D eigenvalue weighted by atomic mass is 79.9. The zero-order valence-electron chi connectivity index (χ0n) is 7.15. The fourth-order valence-electron chi connectivity index (χ4n) is 1.12. The fourth-order valence-corrected chi connectivity index (χ4v) is 1.59. The summed E-state index contributed by atoms with van der Waals surface area (Å²) in [6, 6.07) is 2.97. The molecule has 1 aromatic carbocycles. The van der Waals surface area contributed by atoms with E-state index in [-0.39, 0.29) is 10.0 Å². The summed E-state index contributed by atoms with van der Waals surface area (Å²) in [4.78, 5) is 20.7. The van der Waals surface area contributed by atoms with Crippen LogP contribution in [0.1, 0.15) is 15.9 Å². The fraction of sp³-hybridized carbons (Fsp3) is 0.125. The van der Waals surface area contributed by atoms with Crippen molar-refractivity contribution in [3.63, 3.8) is 0 Å². The second kappa shape index (κ2) is 3.75. The van der Waals surface area contributed by atoms with Crippen LogP contribution in [-0.4, -0.2) is 16.0 Å². The lowest BCUT2D eigenvalue weighted by Crippen LogP contribution is -2.05. The lowest BCUT2D eigenvalue weighted by molar-refractivity contribution is -0.386. The first-order valence-electron chi connectivity index (χ1n) is 3.62. The van der Waals surface area contributed by atoms with E-state index >= 15 is 0 Å². The minimum atomic E-state index is -1.30. The lowest BCUT2D eigenvalue weighted by Gasteiger charge is -2.03. The number of nitro benzene ring substituents is 1. The van der Waals surface area contributed by atoms with E-state index in [2.05, 4.69) is 15.9 Å². The maximum Gasteiger partial charge on any atom is 0.343 e. The number of hydrogen-bond acceptors (Lipinski definition) is 3. The van der Waals surface area contributed by atoms with Gasteiger partial charge in [0.25, 0.3) is 5.69 Å². The van der Waals surface area contributed by atoms with Gasteiger partial charge in [-0.3, -0.25) is 10.1 Å². The summed E-state index contributed by atoms with van der Waals surface area (Å²) in [7, 11) is 0. The molecule has 0 aromatic heterocycles. The molecule has 1 aromatic rings. The monoisotopic (exact) mass is 259 g/mol. The molecule has 0 amide bonds. The summed E-state index contributed by atoms with van der Waals surface area (Å²) in [6.45, 7) is 1.52. The molecule has 5 nitrogen and oxygen atoms in total. The molecule has 0 aliphatic rings.